The maximum Gasteiger partial charge on any atom is 0.152 e. The van der Waals surface area contributed by atoms with Crippen LogP contribution in [0.3, 0.4) is 0 Å². The van der Waals surface area contributed by atoms with E-state index in [-0.39, 0.29) is 0 Å². The molecule has 108 valence electrons. The third-order valence-corrected chi connectivity index (χ3v) is 3.96. The molecule has 0 amide bonds. The molecule has 0 unspecified atom stereocenters. The monoisotopic (exact) mass is 281 g/mol. The molecule has 0 radical (unpaired) electrons. The van der Waals surface area contributed by atoms with Crippen molar-refractivity contribution < 1.29 is 4.79 Å². The number of hydrogen-bond acceptors (Lipinski definition) is 4. The van der Waals surface area contributed by atoms with Crippen molar-refractivity contribution in [2.45, 2.75) is 0 Å². The number of carbonyl (C=O) groups excluding carboxylic acids is 1. The van der Waals surface area contributed by atoms with E-state index in [0.29, 0.717) is 0 Å². The Bertz CT molecular complexity index is 619. The van der Waals surface area contributed by atoms with Crippen LogP contribution in [0.4, 0.5) is 5.69 Å². The smallest absolute Gasteiger partial charge is 0.152 e. The molecule has 1 aromatic carbocycles. The van der Waals surface area contributed by atoms with Gasteiger partial charge in [0.05, 0.1) is 5.69 Å². The van der Waals surface area contributed by atoms with Crippen molar-refractivity contribution in [2.24, 2.45) is 0 Å². The van der Waals surface area contributed by atoms with Crippen LogP contribution in [-0.2, 0) is 0 Å². The van der Waals surface area contributed by atoms with Crippen LogP contribution in [0.2, 0.25) is 0 Å². The van der Waals surface area contributed by atoms with Gasteiger partial charge >= 0.3 is 0 Å². The highest BCUT2D eigenvalue weighted by molar-refractivity contribution is 5.87. The van der Waals surface area contributed by atoms with E-state index in [9.17, 15) is 4.79 Å². The highest BCUT2D eigenvalue weighted by Gasteiger charge is 2.17. The zero-order chi connectivity index (χ0) is 14.7. The molecule has 0 spiro atoms. The highest BCUT2D eigenvalue weighted by Crippen LogP contribution is 2.26. The lowest BCUT2D eigenvalue weighted by atomic mass is 10.0. The molecule has 0 aliphatic carbocycles. The number of aromatic nitrogens is 1. The average Bonchev–Trinajstić information content (AvgIpc) is 2.56. The van der Waals surface area contributed by atoms with Gasteiger partial charge in [-0.25, -0.2) is 0 Å². The Kier molecular flexibility index (Phi) is 3.97. The first-order valence-electron chi connectivity index (χ1n) is 7.22. The van der Waals surface area contributed by atoms with Gasteiger partial charge in [-0.3, -0.25) is 9.78 Å². The Morgan fingerprint density at radius 2 is 1.90 bits per heavy atom. The number of anilines is 1. The molecule has 1 fully saturated rings. The molecule has 4 heteroatoms. The molecule has 0 bridgehead atoms. The summed E-state index contributed by atoms with van der Waals surface area (Å²) in [7, 11) is 2.13. The number of nitrogens with zero attached hydrogens (tertiary/aromatic N) is 3. The van der Waals surface area contributed by atoms with Gasteiger partial charge in [-0.1, -0.05) is 12.1 Å². The van der Waals surface area contributed by atoms with Gasteiger partial charge in [0.2, 0.25) is 0 Å². The summed E-state index contributed by atoms with van der Waals surface area (Å²) in [5.41, 5.74) is 3.64. The third kappa shape index (κ3) is 2.95. The predicted molar refractivity (Wildman–Crippen MR) is 84.8 cm³/mol. The van der Waals surface area contributed by atoms with Gasteiger partial charge in [0.1, 0.15) is 0 Å². The third-order valence-electron chi connectivity index (χ3n) is 3.96. The first kappa shape index (κ1) is 13.8. The summed E-state index contributed by atoms with van der Waals surface area (Å²) in [6, 6.07) is 11.8. The van der Waals surface area contributed by atoms with Crippen LogP contribution in [0.5, 0.6) is 0 Å². The number of hydrogen-bond donors (Lipinski definition) is 0. The molecule has 1 aliphatic rings. The number of piperazine rings is 1. The van der Waals surface area contributed by atoms with Gasteiger partial charge in [0.25, 0.3) is 0 Å². The van der Waals surface area contributed by atoms with Crippen molar-refractivity contribution in [3.8, 4) is 11.3 Å². The van der Waals surface area contributed by atoms with Gasteiger partial charge in [-0.2, -0.15) is 0 Å². The number of rotatable bonds is 3. The summed E-state index contributed by atoms with van der Waals surface area (Å²) in [6.07, 6.45) is 2.71. The van der Waals surface area contributed by atoms with Crippen molar-refractivity contribution in [3.05, 3.63) is 48.2 Å². The SMILES string of the molecule is CN1CCN(c2ccc(-c3ccccn3)cc2C=O)CC1. The van der Waals surface area contributed by atoms with E-state index in [2.05, 4.69) is 21.8 Å². The van der Waals surface area contributed by atoms with Crippen molar-refractivity contribution in [1.82, 2.24) is 9.88 Å². The zero-order valence-corrected chi connectivity index (χ0v) is 12.2. The van der Waals surface area contributed by atoms with Crippen molar-refractivity contribution in [3.63, 3.8) is 0 Å². The predicted octanol–water partition coefficient (Wildman–Crippen LogP) is 2.31. The molecule has 0 saturated carbocycles. The van der Waals surface area contributed by atoms with Crippen LogP contribution >= 0.6 is 0 Å². The van der Waals surface area contributed by atoms with Crippen molar-refractivity contribution >= 4 is 12.0 Å². The van der Waals surface area contributed by atoms with Crippen LogP contribution in [0.1, 0.15) is 10.4 Å². The van der Waals surface area contributed by atoms with Crippen LogP contribution in [0.25, 0.3) is 11.3 Å². The summed E-state index contributed by atoms with van der Waals surface area (Å²) < 4.78 is 0. The summed E-state index contributed by atoms with van der Waals surface area (Å²) >= 11 is 0. The second kappa shape index (κ2) is 6.06. The number of carbonyl (C=O) groups is 1. The zero-order valence-electron chi connectivity index (χ0n) is 12.2. The summed E-state index contributed by atoms with van der Waals surface area (Å²) in [5, 5.41) is 0. The van der Waals surface area contributed by atoms with Crippen LogP contribution < -0.4 is 4.90 Å². The summed E-state index contributed by atoms with van der Waals surface area (Å²) in [5.74, 6) is 0. The van der Waals surface area contributed by atoms with Crippen molar-refractivity contribution in [1.29, 1.82) is 0 Å². The second-order valence-electron chi connectivity index (χ2n) is 5.40. The Morgan fingerprint density at radius 3 is 2.57 bits per heavy atom. The van der Waals surface area contributed by atoms with E-state index in [1.807, 2.05) is 36.4 Å². The van der Waals surface area contributed by atoms with Crippen LogP contribution in [0.15, 0.2) is 42.6 Å². The van der Waals surface area contributed by atoms with Crippen LogP contribution in [-0.4, -0.2) is 49.4 Å². The Hall–Kier alpha value is -2.20. The minimum absolute atomic E-state index is 0.739. The van der Waals surface area contributed by atoms with Gasteiger partial charge in [-0.05, 0) is 31.3 Å². The molecular weight excluding hydrogens is 262 g/mol. The maximum atomic E-state index is 11.5. The van der Waals surface area contributed by atoms with Gasteiger partial charge in [-0.15, -0.1) is 0 Å². The van der Waals surface area contributed by atoms with E-state index in [1.165, 1.54) is 0 Å². The largest absolute Gasteiger partial charge is 0.368 e. The molecule has 2 heterocycles. The molecule has 1 aliphatic heterocycles. The lowest BCUT2D eigenvalue weighted by Crippen LogP contribution is -2.44. The van der Waals surface area contributed by atoms with E-state index in [4.69, 9.17) is 0 Å². The molecule has 2 aromatic rings. The lowest BCUT2D eigenvalue weighted by Gasteiger charge is -2.34. The first-order chi connectivity index (χ1) is 10.3. The Labute approximate surface area is 125 Å². The maximum absolute atomic E-state index is 11.5. The summed E-state index contributed by atoms with van der Waals surface area (Å²) in [4.78, 5) is 20.4. The van der Waals surface area contributed by atoms with E-state index in [0.717, 1.165) is 55.0 Å². The minimum atomic E-state index is 0.739. The van der Waals surface area contributed by atoms with E-state index >= 15 is 0 Å². The van der Waals surface area contributed by atoms with Gasteiger partial charge in [0.15, 0.2) is 6.29 Å². The average molecular weight is 281 g/mol. The van der Waals surface area contributed by atoms with E-state index in [1.54, 1.807) is 6.20 Å². The number of likely N-dealkylation sites (N-methyl/N-ethyl adjacent to an activating group) is 1. The van der Waals surface area contributed by atoms with Crippen LogP contribution in [0, 0.1) is 0 Å². The topological polar surface area (TPSA) is 36.4 Å². The highest BCUT2D eigenvalue weighted by atomic mass is 16.1. The van der Waals surface area contributed by atoms with E-state index < -0.39 is 0 Å². The fourth-order valence-corrected chi connectivity index (χ4v) is 2.68. The Balaban J connectivity index is 1.91. The summed E-state index contributed by atoms with van der Waals surface area (Å²) in [6.45, 7) is 3.97. The molecular formula is C17H19N3O. The van der Waals surface area contributed by atoms with Gasteiger partial charge < -0.3 is 9.80 Å². The fourth-order valence-electron chi connectivity index (χ4n) is 2.68. The lowest BCUT2D eigenvalue weighted by molar-refractivity contribution is 0.112. The molecule has 4 nitrogen and oxygen atoms in total. The van der Waals surface area contributed by atoms with Crippen molar-refractivity contribution in [2.75, 3.05) is 38.1 Å². The molecule has 0 atom stereocenters. The molecule has 0 N–H and O–H groups in total. The first-order valence-corrected chi connectivity index (χ1v) is 7.22. The molecule has 1 saturated heterocycles. The normalized spacial score (nSPS) is 16.0. The Morgan fingerprint density at radius 1 is 1.10 bits per heavy atom. The number of pyridine rings is 1. The minimum Gasteiger partial charge on any atom is -0.368 e. The molecule has 3 rings (SSSR count). The number of aldehydes is 1. The van der Waals surface area contributed by atoms with Gasteiger partial charge in [0, 0.05) is 49.2 Å². The fraction of sp³-hybridized carbons (Fsp3) is 0.294. The second-order valence-corrected chi connectivity index (χ2v) is 5.40. The number of benzene rings is 1. The standard InChI is InChI=1S/C17H19N3O/c1-19-8-10-20(11-9-19)17-6-5-14(12-15(17)13-21)16-4-2-3-7-18-16/h2-7,12-13H,8-11H2,1H3. The quantitative estimate of drug-likeness (QED) is 0.809. The molecule has 21 heavy (non-hydrogen) atoms. The molecule has 1 aromatic heterocycles.